The van der Waals surface area contributed by atoms with Gasteiger partial charge in [0.2, 0.25) is 0 Å². The molecule has 2 rings (SSSR count). The van der Waals surface area contributed by atoms with Crippen LogP contribution in [0.3, 0.4) is 0 Å². The van der Waals surface area contributed by atoms with E-state index in [4.69, 9.17) is 4.74 Å². The lowest BCUT2D eigenvalue weighted by atomic mass is 9.94. The summed E-state index contributed by atoms with van der Waals surface area (Å²) in [5, 5.41) is 3.53. The van der Waals surface area contributed by atoms with Gasteiger partial charge in [-0.3, -0.25) is 0 Å². The smallest absolute Gasteiger partial charge is 0.121 e. The Morgan fingerprint density at radius 2 is 2.26 bits per heavy atom. The van der Waals surface area contributed by atoms with E-state index in [1.54, 1.807) is 0 Å². The summed E-state index contributed by atoms with van der Waals surface area (Å²) in [5.74, 6) is 1.73. The first-order valence-electron chi connectivity index (χ1n) is 7.43. The molecule has 0 saturated heterocycles. The van der Waals surface area contributed by atoms with E-state index in [-0.39, 0.29) is 6.10 Å². The Morgan fingerprint density at radius 1 is 1.37 bits per heavy atom. The summed E-state index contributed by atoms with van der Waals surface area (Å²) in [7, 11) is 0. The minimum atomic E-state index is 0.277. The number of hydrogen-bond acceptors (Lipinski definition) is 2. The van der Waals surface area contributed by atoms with Crippen LogP contribution >= 0.6 is 0 Å². The van der Waals surface area contributed by atoms with Crippen LogP contribution in [0.15, 0.2) is 36.4 Å². The number of benzene rings is 1. The third kappa shape index (κ3) is 4.62. The van der Waals surface area contributed by atoms with E-state index in [0.29, 0.717) is 0 Å². The van der Waals surface area contributed by atoms with Gasteiger partial charge >= 0.3 is 0 Å². The van der Waals surface area contributed by atoms with E-state index in [1.807, 2.05) is 6.07 Å². The molecule has 0 bridgehead atoms. The molecule has 0 heterocycles. The van der Waals surface area contributed by atoms with Crippen LogP contribution in [0.2, 0.25) is 0 Å². The lowest BCUT2D eigenvalue weighted by Crippen LogP contribution is -2.15. The SMILES string of the molecule is CCC(C)Oc1cccc(NCC2CC=CCC2)c1. The number of rotatable bonds is 6. The number of hydrogen-bond donors (Lipinski definition) is 1. The summed E-state index contributed by atoms with van der Waals surface area (Å²) < 4.78 is 5.84. The molecule has 0 fully saturated rings. The van der Waals surface area contributed by atoms with Crippen molar-refractivity contribution in [3.8, 4) is 5.75 Å². The number of allylic oxidation sites excluding steroid dienone is 2. The molecule has 0 aliphatic heterocycles. The first-order chi connectivity index (χ1) is 9.28. The van der Waals surface area contributed by atoms with E-state index >= 15 is 0 Å². The molecular weight excluding hydrogens is 234 g/mol. The number of ether oxygens (including phenoxy) is 1. The number of nitrogens with one attached hydrogen (secondary N) is 1. The van der Waals surface area contributed by atoms with Crippen LogP contribution in [0.5, 0.6) is 5.75 Å². The van der Waals surface area contributed by atoms with Crippen molar-refractivity contribution in [3.63, 3.8) is 0 Å². The Hall–Kier alpha value is -1.44. The van der Waals surface area contributed by atoms with Gasteiger partial charge in [0.15, 0.2) is 0 Å². The summed E-state index contributed by atoms with van der Waals surface area (Å²) in [5.41, 5.74) is 1.16. The molecule has 19 heavy (non-hydrogen) atoms. The highest BCUT2D eigenvalue weighted by Gasteiger charge is 2.09. The van der Waals surface area contributed by atoms with Crippen LogP contribution in [0.25, 0.3) is 0 Å². The molecule has 0 spiro atoms. The normalized spacial score (nSPS) is 20.0. The summed E-state index contributed by atoms with van der Waals surface area (Å²) in [6.07, 6.45) is 9.63. The Kier molecular flexibility index (Phi) is 5.31. The first-order valence-corrected chi connectivity index (χ1v) is 7.43. The van der Waals surface area contributed by atoms with Crippen molar-refractivity contribution in [1.82, 2.24) is 0 Å². The maximum Gasteiger partial charge on any atom is 0.121 e. The van der Waals surface area contributed by atoms with Gasteiger partial charge in [0.1, 0.15) is 5.75 Å². The highest BCUT2D eigenvalue weighted by Crippen LogP contribution is 2.22. The molecule has 1 aliphatic carbocycles. The van der Waals surface area contributed by atoms with Crippen LogP contribution in [-0.2, 0) is 0 Å². The van der Waals surface area contributed by atoms with Crippen molar-refractivity contribution in [3.05, 3.63) is 36.4 Å². The van der Waals surface area contributed by atoms with Gasteiger partial charge in [-0.05, 0) is 50.7 Å². The second kappa shape index (κ2) is 7.22. The molecule has 2 atom stereocenters. The molecule has 2 nitrogen and oxygen atoms in total. The zero-order chi connectivity index (χ0) is 13.5. The Bertz CT molecular complexity index is 413. The molecule has 2 unspecified atom stereocenters. The average molecular weight is 259 g/mol. The Balaban J connectivity index is 1.86. The zero-order valence-corrected chi connectivity index (χ0v) is 12.1. The van der Waals surface area contributed by atoms with E-state index in [1.165, 1.54) is 19.3 Å². The van der Waals surface area contributed by atoms with E-state index in [0.717, 1.165) is 30.3 Å². The summed E-state index contributed by atoms with van der Waals surface area (Å²) in [6, 6.07) is 8.30. The Labute approximate surface area is 116 Å². The fourth-order valence-electron chi connectivity index (χ4n) is 2.30. The fraction of sp³-hybridized carbons (Fsp3) is 0.529. The molecule has 1 aromatic rings. The first kappa shape index (κ1) is 14.0. The van der Waals surface area contributed by atoms with Crippen molar-refractivity contribution in [2.24, 2.45) is 5.92 Å². The monoisotopic (exact) mass is 259 g/mol. The van der Waals surface area contributed by atoms with Crippen molar-refractivity contribution < 1.29 is 4.74 Å². The maximum absolute atomic E-state index is 5.84. The summed E-state index contributed by atoms with van der Waals surface area (Å²) in [4.78, 5) is 0. The molecular formula is C17H25NO. The van der Waals surface area contributed by atoms with Gasteiger partial charge in [-0.1, -0.05) is 25.1 Å². The summed E-state index contributed by atoms with van der Waals surface area (Å²) >= 11 is 0. The minimum Gasteiger partial charge on any atom is -0.491 e. The van der Waals surface area contributed by atoms with E-state index in [9.17, 15) is 0 Å². The van der Waals surface area contributed by atoms with E-state index < -0.39 is 0 Å². The van der Waals surface area contributed by atoms with Crippen molar-refractivity contribution in [1.29, 1.82) is 0 Å². The van der Waals surface area contributed by atoms with Gasteiger partial charge in [-0.2, -0.15) is 0 Å². The molecule has 1 aromatic carbocycles. The molecule has 104 valence electrons. The van der Waals surface area contributed by atoms with Crippen molar-refractivity contribution in [2.45, 2.75) is 45.6 Å². The van der Waals surface area contributed by atoms with Crippen LogP contribution in [-0.4, -0.2) is 12.6 Å². The topological polar surface area (TPSA) is 21.3 Å². The van der Waals surface area contributed by atoms with Crippen LogP contribution in [0.4, 0.5) is 5.69 Å². The van der Waals surface area contributed by atoms with Gasteiger partial charge in [-0.15, -0.1) is 0 Å². The molecule has 0 radical (unpaired) electrons. The van der Waals surface area contributed by atoms with Gasteiger partial charge in [0, 0.05) is 18.3 Å². The molecule has 1 N–H and O–H groups in total. The van der Waals surface area contributed by atoms with Crippen LogP contribution in [0.1, 0.15) is 39.5 Å². The molecule has 0 amide bonds. The second-order valence-corrected chi connectivity index (χ2v) is 5.40. The van der Waals surface area contributed by atoms with Crippen molar-refractivity contribution >= 4 is 5.69 Å². The van der Waals surface area contributed by atoms with Gasteiger partial charge in [0.25, 0.3) is 0 Å². The lowest BCUT2D eigenvalue weighted by molar-refractivity contribution is 0.217. The second-order valence-electron chi connectivity index (χ2n) is 5.40. The average Bonchev–Trinajstić information content (AvgIpc) is 2.46. The molecule has 1 aliphatic rings. The maximum atomic E-state index is 5.84. The van der Waals surface area contributed by atoms with Crippen LogP contribution < -0.4 is 10.1 Å². The van der Waals surface area contributed by atoms with Gasteiger partial charge in [0.05, 0.1) is 6.10 Å². The van der Waals surface area contributed by atoms with E-state index in [2.05, 4.69) is 49.5 Å². The number of anilines is 1. The van der Waals surface area contributed by atoms with Crippen LogP contribution in [0, 0.1) is 5.92 Å². The van der Waals surface area contributed by atoms with Gasteiger partial charge in [-0.25, -0.2) is 0 Å². The molecule has 0 aromatic heterocycles. The fourth-order valence-corrected chi connectivity index (χ4v) is 2.30. The Morgan fingerprint density at radius 3 is 3.00 bits per heavy atom. The predicted octanol–water partition coefficient (Wildman–Crippen LogP) is 4.63. The quantitative estimate of drug-likeness (QED) is 0.752. The largest absolute Gasteiger partial charge is 0.491 e. The summed E-state index contributed by atoms with van der Waals surface area (Å²) in [6.45, 7) is 5.30. The third-order valence-electron chi connectivity index (χ3n) is 3.72. The molecule has 0 saturated carbocycles. The highest BCUT2D eigenvalue weighted by molar-refractivity contribution is 5.48. The molecule has 2 heteroatoms. The standard InChI is InChI=1S/C17H25NO/c1-3-14(2)19-17-11-7-10-16(12-17)18-13-15-8-5-4-6-9-15/h4-5,7,10-12,14-15,18H,3,6,8-9,13H2,1-2H3. The highest BCUT2D eigenvalue weighted by atomic mass is 16.5. The van der Waals surface area contributed by atoms with Crippen molar-refractivity contribution in [2.75, 3.05) is 11.9 Å². The lowest BCUT2D eigenvalue weighted by Gasteiger charge is -2.19. The van der Waals surface area contributed by atoms with Gasteiger partial charge < -0.3 is 10.1 Å². The zero-order valence-electron chi connectivity index (χ0n) is 12.1. The third-order valence-corrected chi connectivity index (χ3v) is 3.72. The minimum absolute atomic E-state index is 0.277. The predicted molar refractivity (Wildman–Crippen MR) is 81.8 cm³/mol.